The van der Waals surface area contributed by atoms with Gasteiger partial charge in [0.2, 0.25) is 0 Å². The van der Waals surface area contributed by atoms with Crippen LogP contribution in [0.1, 0.15) is 73.1 Å². The number of esters is 6. The molecule has 2 saturated heterocycles. The molecule has 278 valence electrons. The van der Waals surface area contributed by atoms with Crippen LogP contribution in [0.3, 0.4) is 0 Å². The molecule has 14 heteroatoms. The Labute approximate surface area is 300 Å². The highest BCUT2D eigenvalue weighted by Gasteiger charge is 2.51. The van der Waals surface area contributed by atoms with E-state index in [0.717, 1.165) is 25.0 Å². The highest BCUT2D eigenvalue weighted by molar-refractivity contribution is 5.91. The van der Waals surface area contributed by atoms with Gasteiger partial charge in [-0.15, -0.1) is 0 Å². The Morgan fingerprint density at radius 2 is 1.02 bits per heavy atom. The summed E-state index contributed by atoms with van der Waals surface area (Å²) in [6, 6.07) is 11.3. The highest BCUT2D eigenvalue weighted by atomic mass is 16.7. The van der Waals surface area contributed by atoms with Gasteiger partial charge in [-0.25, -0.2) is 28.8 Å². The summed E-state index contributed by atoms with van der Waals surface area (Å²) in [7, 11) is 0. The van der Waals surface area contributed by atoms with Crippen molar-refractivity contribution in [3.05, 3.63) is 85.0 Å². The number of fused-ring (bicyclic) bond motifs is 1. The molecule has 6 atom stereocenters. The molecule has 2 heterocycles. The Balaban J connectivity index is 1.26. The molecule has 0 saturated carbocycles. The van der Waals surface area contributed by atoms with Gasteiger partial charge in [0.05, 0.1) is 24.3 Å². The van der Waals surface area contributed by atoms with Crippen molar-refractivity contribution in [2.75, 3.05) is 13.2 Å². The van der Waals surface area contributed by atoms with Gasteiger partial charge in [0.15, 0.2) is 24.4 Å². The van der Waals surface area contributed by atoms with Gasteiger partial charge in [-0.2, -0.15) is 0 Å². The number of ether oxygens (including phenoxy) is 8. The first-order valence-electron chi connectivity index (χ1n) is 17.0. The Hall–Kier alpha value is -5.34. The van der Waals surface area contributed by atoms with Crippen molar-refractivity contribution in [3.63, 3.8) is 0 Å². The molecule has 0 aromatic heterocycles. The number of carbonyl (C=O) groups is 6. The van der Waals surface area contributed by atoms with E-state index in [0.29, 0.717) is 12.8 Å². The van der Waals surface area contributed by atoms with Crippen molar-refractivity contribution >= 4 is 35.8 Å². The lowest BCUT2D eigenvalue weighted by Gasteiger charge is -2.18. The molecule has 0 amide bonds. The second-order valence-electron chi connectivity index (χ2n) is 11.9. The van der Waals surface area contributed by atoms with E-state index in [9.17, 15) is 28.8 Å². The van der Waals surface area contributed by atoms with E-state index in [1.165, 1.54) is 48.5 Å². The number of rotatable bonds is 18. The van der Waals surface area contributed by atoms with Gasteiger partial charge in [-0.1, -0.05) is 39.8 Å². The number of benzene rings is 2. The summed E-state index contributed by atoms with van der Waals surface area (Å²) < 4.78 is 43.8. The third kappa shape index (κ3) is 10.8. The zero-order valence-electron chi connectivity index (χ0n) is 29.0. The molecule has 2 fully saturated rings. The minimum atomic E-state index is -1.09. The smallest absolute Gasteiger partial charge is 0.352 e. The summed E-state index contributed by atoms with van der Waals surface area (Å²) >= 11 is 0. The van der Waals surface area contributed by atoms with Crippen LogP contribution in [-0.2, 0) is 47.6 Å². The third-order valence-corrected chi connectivity index (χ3v) is 8.11. The van der Waals surface area contributed by atoms with Crippen LogP contribution < -0.4 is 9.47 Å². The van der Waals surface area contributed by atoms with Gasteiger partial charge in [-0.3, -0.25) is 0 Å². The summed E-state index contributed by atoms with van der Waals surface area (Å²) in [5.41, 5.74) is 0.349. The van der Waals surface area contributed by atoms with Crippen molar-refractivity contribution in [1.82, 2.24) is 0 Å². The molecule has 2 aromatic rings. The van der Waals surface area contributed by atoms with E-state index in [2.05, 4.69) is 13.2 Å². The van der Waals surface area contributed by atoms with Crippen LogP contribution in [0, 0.1) is 0 Å². The van der Waals surface area contributed by atoms with E-state index < -0.39 is 72.4 Å². The third-order valence-electron chi connectivity index (χ3n) is 8.11. The molecule has 0 bridgehead atoms. The molecule has 52 heavy (non-hydrogen) atoms. The van der Waals surface area contributed by atoms with Gasteiger partial charge in [-0.05, 0) is 74.2 Å². The number of unbranched alkanes of at least 4 members (excludes halogenated alkanes) is 2. The summed E-state index contributed by atoms with van der Waals surface area (Å²) in [4.78, 5) is 74.4. The lowest BCUT2D eigenvalue weighted by atomic mass is 10.1. The summed E-state index contributed by atoms with van der Waals surface area (Å²) in [5.74, 6) is -4.03. The molecule has 0 spiro atoms. The van der Waals surface area contributed by atoms with Crippen molar-refractivity contribution < 1.29 is 66.7 Å². The molecule has 2 aliphatic rings. The van der Waals surface area contributed by atoms with Gasteiger partial charge in [0.25, 0.3) is 0 Å². The highest BCUT2D eigenvalue weighted by Crippen LogP contribution is 2.32. The predicted octanol–water partition coefficient (Wildman–Crippen LogP) is 4.62. The maximum atomic E-state index is 12.9. The molecule has 0 radical (unpaired) electrons. The van der Waals surface area contributed by atoms with E-state index in [1.807, 2.05) is 13.8 Å². The van der Waals surface area contributed by atoms with Crippen LogP contribution in [0.5, 0.6) is 11.5 Å². The molecule has 14 nitrogen and oxygen atoms in total. The Kier molecular flexibility index (Phi) is 14.7. The fourth-order valence-corrected chi connectivity index (χ4v) is 5.33. The first kappa shape index (κ1) is 39.4. The Morgan fingerprint density at radius 1 is 0.654 bits per heavy atom. The Bertz CT molecular complexity index is 1480. The minimum absolute atomic E-state index is 0.00875. The second-order valence-corrected chi connectivity index (χ2v) is 11.9. The predicted molar refractivity (Wildman–Crippen MR) is 181 cm³/mol. The van der Waals surface area contributed by atoms with Crippen LogP contribution in [0.4, 0.5) is 0 Å². The van der Waals surface area contributed by atoms with Crippen molar-refractivity contribution in [2.24, 2.45) is 0 Å². The van der Waals surface area contributed by atoms with Crippen molar-refractivity contribution in [2.45, 2.75) is 89.0 Å². The molecular weight excluding hydrogens is 680 g/mol. The fourth-order valence-electron chi connectivity index (χ4n) is 5.33. The number of carbonyl (C=O) groups excluding carboxylic acids is 6. The van der Waals surface area contributed by atoms with Gasteiger partial charge in [0.1, 0.15) is 23.7 Å². The number of hydrogen-bond acceptors (Lipinski definition) is 14. The van der Waals surface area contributed by atoms with E-state index >= 15 is 0 Å². The molecule has 0 aliphatic carbocycles. The van der Waals surface area contributed by atoms with Gasteiger partial charge >= 0.3 is 35.8 Å². The summed E-state index contributed by atoms with van der Waals surface area (Å²) in [6.07, 6.45) is 0.257. The summed E-state index contributed by atoms with van der Waals surface area (Å²) in [5, 5.41) is 0. The topological polar surface area (TPSA) is 176 Å². The Morgan fingerprint density at radius 3 is 1.35 bits per heavy atom. The van der Waals surface area contributed by atoms with Crippen molar-refractivity contribution in [1.29, 1.82) is 0 Å². The zero-order valence-corrected chi connectivity index (χ0v) is 29.0. The van der Waals surface area contributed by atoms with Crippen LogP contribution in [0.15, 0.2) is 73.8 Å². The lowest BCUT2D eigenvalue weighted by molar-refractivity contribution is -0.159. The fraction of sp³-hybridized carbons (Fsp3) is 0.421. The molecule has 2 aliphatic heterocycles. The molecule has 2 aromatic carbocycles. The monoisotopic (exact) mass is 722 g/mol. The second kappa shape index (κ2) is 19.3. The van der Waals surface area contributed by atoms with E-state index in [-0.39, 0.29) is 48.7 Å². The molecular formula is C38H42O14. The number of hydrogen-bond donors (Lipinski definition) is 0. The molecule has 2 unspecified atom stereocenters. The van der Waals surface area contributed by atoms with E-state index in [1.54, 1.807) is 0 Å². The standard InChI is InChI=1S/C38H42O14/c1-5-9-11-27(49-31(39)7-3)37(43)47-25-17-13-23(14-18-25)35(41)51-29-21-45-34-30(22-46-33(29)34)52-36(42)24-15-19-26(20-16-24)48-38(44)28(12-10-6-2)50-32(40)8-4/h7-8,13-20,27-30,33-34H,3-6,9-12,21-22H2,1-2H3/t27?,28?,29-,30-,33-,34-/m1/s1. The van der Waals surface area contributed by atoms with Gasteiger partial charge < -0.3 is 37.9 Å². The van der Waals surface area contributed by atoms with Crippen molar-refractivity contribution in [3.8, 4) is 11.5 Å². The largest absolute Gasteiger partial charge is 0.453 e. The first-order chi connectivity index (χ1) is 25.1. The van der Waals surface area contributed by atoms with Crippen LogP contribution in [0.25, 0.3) is 0 Å². The maximum absolute atomic E-state index is 12.9. The van der Waals surface area contributed by atoms with E-state index in [4.69, 9.17) is 37.9 Å². The lowest BCUT2D eigenvalue weighted by Crippen LogP contribution is -2.36. The normalized spacial score (nSPS) is 20.0. The SMILES string of the molecule is C=CC(=O)OC(CCCC)C(=O)Oc1ccc(C(=O)O[C@@H]2CO[C@H]3[C@@H]2OC[C@H]3OC(=O)c2ccc(OC(=O)C(CCCC)OC(=O)C=C)cc2)cc1. The molecule has 0 N–H and O–H groups in total. The average molecular weight is 723 g/mol. The average Bonchev–Trinajstić information content (AvgIpc) is 3.74. The van der Waals surface area contributed by atoms with Gasteiger partial charge in [0, 0.05) is 12.2 Å². The summed E-state index contributed by atoms with van der Waals surface area (Å²) in [6.45, 7) is 10.6. The zero-order chi connectivity index (χ0) is 37.6. The first-order valence-corrected chi connectivity index (χ1v) is 17.0. The molecule has 4 rings (SSSR count). The van der Waals surface area contributed by atoms with Crippen LogP contribution >= 0.6 is 0 Å². The van der Waals surface area contributed by atoms with Crippen LogP contribution in [-0.4, -0.2) is 85.7 Å². The minimum Gasteiger partial charge on any atom is -0.453 e. The maximum Gasteiger partial charge on any atom is 0.352 e. The quantitative estimate of drug-likeness (QED) is 0.0901. The van der Waals surface area contributed by atoms with Crippen LogP contribution in [0.2, 0.25) is 0 Å².